The Bertz CT molecular complexity index is 578. The van der Waals surface area contributed by atoms with E-state index in [0.29, 0.717) is 0 Å². The monoisotopic (exact) mass is 222 g/mol. The molecular weight excluding hydrogens is 208 g/mol. The summed E-state index contributed by atoms with van der Waals surface area (Å²) in [4.78, 5) is 7.77. The second-order valence-corrected chi connectivity index (χ2v) is 4.20. The van der Waals surface area contributed by atoms with E-state index in [4.69, 9.17) is 0 Å². The number of nitrogens with zero attached hydrogens (tertiary/aromatic N) is 1. The van der Waals surface area contributed by atoms with Gasteiger partial charge in [-0.3, -0.25) is 4.98 Å². The van der Waals surface area contributed by atoms with Crippen LogP contribution >= 0.6 is 0 Å². The van der Waals surface area contributed by atoms with Gasteiger partial charge in [-0.2, -0.15) is 0 Å². The van der Waals surface area contributed by atoms with Crippen molar-refractivity contribution in [1.29, 1.82) is 0 Å². The molecule has 0 fully saturated rings. The van der Waals surface area contributed by atoms with E-state index >= 15 is 0 Å². The summed E-state index contributed by atoms with van der Waals surface area (Å²) >= 11 is 0. The summed E-state index contributed by atoms with van der Waals surface area (Å²) in [5, 5.41) is 1.28. The van der Waals surface area contributed by atoms with Crippen LogP contribution in [-0.2, 0) is 12.8 Å². The number of aromatic amines is 1. The molecule has 1 aromatic carbocycles. The van der Waals surface area contributed by atoms with E-state index in [9.17, 15) is 0 Å². The van der Waals surface area contributed by atoms with Crippen LogP contribution in [-0.4, -0.2) is 9.97 Å². The van der Waals surface area contributed by atoms with Crippen LogP contribution in [0.4, 0.5) is 0 Å². The molecule has 3 rings (SSSR count). The molecule has 0 bridgehead atoms. The summed E-state index contributed by atoms with van der Waals surface area (Å²) in [5.74, 6) is 0. The van der Waals surface area contributed by atoms with Gasteiger partial charge in [0.2, 0.25) is 0 Å². The highest BCUT2D eigenvalue weighted by molar-refractivity contribution is 5.80. The molecule has 17 heavy (non-hydrogen) atoms. The third kappa shape index (κ3) is 2.21. The zero-order chi connectivity index (χ0) is 11.5. The number of aryl methyl sites for hydroxylation is 2. The Morgan fingerprint density at radius 1 is 0.941 bits per heavy atom. The van der Waals surface area contributed by atoms with Crippen molar-refractivity contribution in [2.75, 3.05) is 0 Å². The van der Waals surface area contributed by atoms with Crippen LogP contribution in [0.15, 0.2) is 54.7 Å². The predicted octanol–water partition coefficient (Wildman–Crippen LogP) is 3.35. The summed E-state index contributed by atoms with van der Waals surface area (Å²) in [6.07, 6.45) is 3.83. The lowest BCUT2D eigenvalue weighted by Gasteiger charge is -1.97. The Morgan fingerprint density at radius 3 is 2.65 bits per heavy atom. The number of nitrogens with one attached hydrogen (secondary N) is 1. The van der Waals surface area contributed by atoms with Crippen molar-refractivity contribution in [1.82, 2.24) is 9.97 Å². The first-order valence-corrected chi connectivity index (χ1v) is 5.88. The number of hydrogen-bond donors (Lipinski definition) is 1. The SMILES string of the molecule is c1ccc(CCc2cc3ccccc3[nH]2)nc1. The molecule has 0 saturated carbocycles. The van der Waals surface area contributed by atoms with Crippen LogP contribution in [0, 0.1) is 0 Å². The molecule has 3 aromatic rings. The van der Waals surface area contributed by atoms with Gasteiger partial charge >= 0.3 is 0 Å². The molecular formula is C15H14N2. The van der Waals surface area contributed by atoms with Gasteiger partial charge in [-0.1, -0.05) is 24.3 Å². The molecule has 0 aliphatic carbocycles. The predicted molar refractivity (Wildman–Crippen MR) is 69.9 cm³/mol. The fourth-order valence-electron chi connectivity index (χ4n) is 2.08. The van der Waals surface area contributed by atoms with Crippen molar-refractivity contribution in [3.8, 4) is 0 Å². The summed E-state index contributed by atoms with van der Waals surface area (Å²) in [7, 11) is 0. The van der Waals surface area contributed by atoms with E-state index < -0.39 is 0 Å². The van der Waals surface area contributed by atoms with Crippen LogP contribution in [0.2, 0.25) is 0 Å². The Labute approximate surface area is 100 Å². The number of pyridine rings is 1. The van der Waals surface area contributed by atoms with Gasteiger partial charge in [0.1, 0.15) is 0 Å². The first-order valence-electron chi connectivity index (χ1n) is 5.88. The number of rotatable bonds is 3. The third-order valence-electron chi connectivity index (χ3n) is 2.96. The second-order valence-electron chi connectivity index (χ2n) is 4.20. The Hall–Kier alpha value is -2.09. The van der Waals surface area contributed by atoms with Gasteiger partial charge < -0.3 is 4.98 Å². The molecule has 2 nitrogen and oxygen atoms in total. The summed E-state index contributed by atoms with van der Waals surface area (Å²) < 4.78 is 0. The van der Waals surface area contributed by atoms with E-state index in [0.717, 1.165) is 18.5 Å². The van der Waals surface area contributed by atoms with Gasteiger partial charge in [-0.05, 0) is 42.5 Å². The lowest BCUT2D eigenvalue weighted by atomic mass is 10.1. The van der Waals surface area contributed by atoms with Gasteiger partial charge in [-0.25, -0.2) is 0 Å². The maximum absolute atomic E-state index is 4.33. The first kappa shape index (κ1) is 10.1. The number of H-pyrrole nitrogens is 1. The standard InChI is InChI=1S/C15H14N2/c1-2-7-15-12(5-1)11-14(17-15)9-8-13-6-3-4-10-16-13/h1-7,10-11,17H,8-9H2. The van der Waals surface area contributed by atoms with Crippen LogP contribution in [0.1, 0.15) is 11.4 Å². The minimum atomic E-state index is 0.980. The third-order valence-corrected chi connectivity index (χ3v) is 2.96. The fraction of sp³-hybridized carbons (Fsp3) is 0.133. The van der Waals surface area contributed by atoms with Crippen LogP contribution in [0.5, 0.6) is 0 Å². The van der Waals surface area contributed by atoms with E-state index in [1.54, 1.807) is 0 Å². The number of para-hydroxylation sites is 1. The van der Waals surface area contributed by atoms with E-state index in [2.05, 4.69) is 46.4 Å². The normalized spacial score (nSPS) is 10.8. The van der Waals surface area contributed by atoms with Crippen molar-refractivity contribution in [3.63, 3.8) is 0 Å². The van der Waals surface area contributed by atoms with Gasteiger partial charge in [0.25, 0.3) is 0 Å². The zero-order valence-corrected chi connectivity index (χ0v) is 9.56. The molecule has 2 heterocycles. The van der Waals surface area contributed by atoms with Gasteiger partial charge in [-0.15, -0.1) is 0 Å². The molecule has 0 radical (unpaired) electrons. The summed E-state index contributed by atoms with van der Waals surface area (Å²) in [6, 6.07) is 16.6. The van der Waals surface area contributed by atoms with Crippen LogP contribution in [0.25, 0.3) is 10.9 Å². The maximum Gasteiger partial charge on any atom is 0.0456 e. The lowest BCUT2D eigenvalue weighted by molar-refractivity contribution is 0.892. The Kier molecular flexibility index (Phi) is 2.62. The summed E-state index contributed by atoms with van der Waals surface area (Å²) in [5.41, 5.74) is 3.63. The smallest absolute Gasteiger partial charge is 0.0456 e. The fourth-order valence-corrected chi connectivity index (χ4v) is 2.08. The molecule has 0 aliphatic rings. The van der Waals surface area contributed by atoms with Gasteiger partial charge in [0, 0.05) is 23.1 Å². The minimum absolute atomic E-state index is 0.980. The highest BCUT2D eigenvalue weighted by atomic mass is 14.7. The number of benzene rings is 1. The van der Waals surface area contributed by atoms with Crippen molar-refractivity contribution < 1.29 is 0 Å². The van der Waals surface area contributed by atoms with Gasteiger partial charge in [0.15, 0.2) is 0 Å². The molecule has 0 atom stereocenters. The van der Waals surface area contributed by atoms with E-state index in [1.807, 2.05) is 18.3 Å². The quantitative estimate of drug-likeness (QED) is 0.723. The van der Waals surface area contributed by atoms with Crippen molar-refractivity contribution in [3.05, 3.63) is 66.1 Å². The average Bonchev–Trinajstić information content (AvgIpc) is 2.80. The largest absolute Gasteiger partial charge is 0.358 e. The average molecular weight is 222 g/mol. The van der Waals surface area contributed by atoms with Gasteiger partial charge in [0.05, 0.1) is 0 Å². The topological polar surface area (TPSA) is 28.7 Å². The molecule has 0 aliphatic heterocycles. The number of aromatic nitrogens is 2. The van der Waals surface area contributed by atoms with Crippen LogP contribution < -0.4 is 0 Å². The lowest BCUT2D eigenvalue weighted by Crippen LogP contribution is -1.93. The molecule has 0 unspecified atom stereocenters. The Morgan fingerprint density at radius 2 is 1.82 bits per heavy atom. The minimum Gasteiger partial charge on any atom is -0.358 e. The molecule has 1 N–H and O–H groups in total. The van der Waals surface area contributed by atoms with Crippen molar-refractivity contribution >= 4 is 10.9 Å². The summed E-state index contributed by atoms with van der Waals surface area (Å²) in [6.45, 7) is 0. The highest BCUT2D eigenvalue weighted by Gasteiger charge is 2.00. The maximum atomic E-state index is 4.33. The first-order chi connectivity index (χ1) is 8.42. The van der Waals surface area contributed by atoms with Crippen LogP contribution in [0.3, 0.4) is 0 Å². The zero-order valence-electron chi connectivity index (χ0n) is 9.56. The number of fused-ring (bicyclic) bond motifs is 1. The molecule has 0 amide bonds. The molecule has 2 heteroatoms. The molecule has 84 valence electrons. The Balaban J connectivity index is 1.77. The van der Waals surface area contributed by atoms with E-state index in [1.165, 1.54) is 16.6 Å². The van der Waals surface area contributed by atoms with Crippen molar-refractivity contribution in [2.24, 2.45) is 0 Å². The second kappa shape index (κ2) is 4.42. The molecule has 0 spiro atoms. The molecule has 0 saturated heterocycles. The number of hydrogen-bond acceptors (Lipinski definition) is 1. The van der Waals surface area contributed by atoms with Crippen molar-refractivity contribution in [2.45, 2.75) is 12.8 Å². The highest BCUT2D eigenvalue weighted by Crippen LogP contribution is 2.15. The molecule has 2 aromatic heterocycles. The van der Waals surface area contributed by atoms with E-state index in [-0.39, 0.29) is 0 Å².